The molecule has 4 aromatic heterocycles. The van der Waals surface area contributed by atoms with Gasteiger partial charge in [0.1, 0.15) is 6.33 Å². The summed E-state index contributed by atoms with van der Waals surface area (Å²) >= 11 is 0. The Balaban J connectivity index is 1.29. The van der Waals surface area contributed by atoms with E-state index in [1.807, 2.05) is 18.0 Å². The Morgan fingerprint density at radius 1 is 1.10 bits per heavy atom. The van der Waals surface area contributed by atoms with Crippen LogP contribution in [0.1, 0.15) is 44.3 Å². The lowest BCUT2D eigenvalue weighted by Gasteiger charge is -2.61. The SMILES string of the molecule is Cn1ncc2c1ncn1nc(CC34C[C@H]5C[C@@H](C3)CC(n3ncnn3)(C5)C4)nc21. The summed E-state index contributed by atoms with van der Waals surface area (Å²) in [6.07, 6.45) is 13.4. The van der Waals surface area contributed by atoms with Crippen LogP contribution in [0, 0.1) is 17.3 Å². The Kier molecular flexibility index (Phi) is 2.84. The highest BCUT2D eigenvalue weighted by Crippen LogP contribution is 2.64. The van der Waals surface area contributed by atoms with E-state index in [2.05, 4.69) is 25.5 Å². The molecule has 0 aliphatic heterocycles. The molecule has 4 bridgehead atoms. The summed E-state index contributed by atoms with van der Waals surface area (Å²) in [4.78, 5) is 11.3. The molecule has 0 N–H and O–H groups in total. The van der Waals surface area contributed by atoms with E-state index >= 15 is 0 Å². The normalized spacial score (nSPS) is 33.3. The summed E-state index contributed by atoms with van der Waals surface area (Å²) in [5.74, 6) is 2.39. The van der Waals surface area contributed by atoms with E-state index in [-0.39, 0.29) is 11.0 Å². The molecule has 0 amide bonds. The van der Waals surface area contributed by atoms with E-state index in [9.17, 15) is 0 Å². The highest BCUT2D eigenvalue weighted by atomic mass is 15.6. The van der Waals surface area contributed by atoms with Crippen LogP contribution in [0.5, 0.6) is 0 Å². The number of hydrogen-bond acceptors (Lipinski definition) is 7. The molecule has 29 heavy (non-hydrogen) atoms. The van der Waals surface area contributed by atoms with Crippen molar-refractivity contribution in [3.63, 3.8) is 0 Å². The maximum atomic E-state index is 4.92. The molecule has 10 nitrogen and oxygen atoms in total. The largest absolute Gasteiger partial charge is 0.250 e. The van der Waals surface area contributed by atoms with Gasteiger partial charge in [0.25, 0.3) is 0 Å². The minimum absolute atomic E-state index is 0.0257. The molecule has 0 spiro atoms. The number of aromatic nitrogens is 10. The number of aryl methyl sites for hydroxylation is 1. The highest BCUT2D eigenvalue weighted by Gasteiger charge is 2.59. The van der Waals surface area contributed by atoms with Gasteiger partial charge < -0.3 is 0 Å². The van der Waals surface area contributed by atoms with Crippen LogP contribution in [0.25, 0.3) is 16.7 Å². The summed E-state index contributed by atoms with van der Waals surface area (Å²) in [5, 5.41) is 22.8. The third kappa shape index (κ3) is 2.14. The van der Waals surface area contributed by atoms with Crippen molar-refractivity contribution >= 4 is 16.7 Å². The smallest absolute Gasteiger partial charge is 0.170 e. The second kappa shape index (κ2) is 5.17. The lowest BCUT2D eigenvalue weighted by molar-refractivity contribution is -0.112. The third-order valence-electron chi connectivity index (χ3n) is 7.57. The fourth-order valence-corrected chi connectivity index (χ4v) is 7.12. The van der Waals surface area contributed by atoms with Crippen molar-refractivity contribution in [1.82, 2.24) is 49.6 Å². The van der Waals surface area contributed by atoms with Crippen LogP contribution in [-0.2, 0) is 19.0 Å². The number of rotatable bonds is 3. The molecule has 4 fully saturated rings. The summed E-state index contributed by atoms with van der Waals surface area (Å²) in [5.41, 5.74) is 1.93. The first kappa shape index (κ1) is 15.9. The van der Waals surface area contributed by atoms with Crippen molar-refractivity contribution in [2.75, 3.05) is 0 Å². The van der Waals surface area contributed by atoms with Crippen LogP contribution >= 0.6 is 0 Å². The fraction of sp³-hybridized carbons (Fsp3) is 0.632. The number of nitrogens with zero attached hydrogens (tertiary/aromatic N) is 10. The van der Waals surface area contributed by atoms with Gasteiger partial charge in [-0.25, -0.2) is 14.5 Å². The van der Waals surface area contributed by atoms with Gasteiger partial charge >= 0.3 is 0 Å². The molecule has 0 aromatic carbocycles. The zero-order valence-corrected chi connectivity index (χ0v) is 16.3. The first-order valence-electron chi connectivity index (χ1n) is 10.4. The zero-order chi connectivity index (χ0) is 19.2. The second-order valence-electron chi connectivity index (χ2n) is 9.63. The van der Waals surface area contributed by atoms with Crippen molar-refractivity contribution < 1.29 is 0 Å². The third-order valence-corrected chi connectivity index (χ3v) is 7.57. The summed E-state index contributed by atoms with van der Waals surface area (Å²) < 4.78 is 3.58. The van der Waals surface area contributed by atoms with E-state index in [4.69, 9.17) is 10.1 Å². The lowest BCUT2D eigenvalue weighted by atomic mass is 9.46. The molecule has 0 saturated heterocycles. The lowest BCUT2D eigenvalue weighted by Crippen LogP contribution is -2.57. The van der Waals surface area contributed by atoms with Crippen LogP contribution in [-0.4, -0.2) is 49.6 Å². The summed E-state index contributed by atoms with van der Waals surface area (Å²) in [7, 11) is 1.90. The van der Waals surface area contributed by atoms with Crippen molar-refractivity contribution in [3.05, 3.63) is 24.7 Å². The molecule has 8 rings (SSSR count). The van der Waals surface area contributed by atoms with Crippen LogP contribution in [0.15, 0.2) is 18.9 Å². The van der Waals surface area contributed by atoms with Crippen molar-refractivity contribution in [2.24, 2.45) is 24.3 Å². The minimum Gasteiger partial charge on any atom is -0.250 e. The molecule has 4 saturated carbocycles. The van der Waals surface area contributed by atoms with Gasteiger partial charge in [0.05, 0.1) is 17.1 Å². The Bertz CT molecular complexity index is 1220. The Morgan fingerprint density at radius 3 is 2.76 bits per heavy atom. The summed E-state index contributed by atoms with van der Waals surface area (Å²) in [6.45, 7) is 0. The van der Waals surface area contributed by atoms with Gasteiger partial charge in [-0.05, 0) is 61.0 Å². The van der Waals surface area contributed by atoms with E-state index in [0.717, 1.165) is 47.2 Å². The van der Waals surface area contributed by atoms with E-state index in [1.165, 1.54) is 32.1 Å². The van der Waals surface area contributed by atoms with Crippen LogP contribution in [0.2, 0.25) is 0 Å². The predicted octanol–water partition coefficient (Wildman–Crippen LogP) is 1.54. The van der Waals surface area contributed by atoms with Gasteiger partial charge in [0.15, 0.2) is 23.4 Å². The average Bonchev–Trinajstić information content (AvgIpc) is 3.39. The van der Waals surface area contributed by atoms with Gasteiger partial charge in [-0.15, -0.1) is 15.3 Å². The molecule has 4 aliphatic rings. The first-order chi connectivity index (χ1) is 14.1. The van der Waals surface area contributed by atoms with Crippen molar-refractivity contribution in [2.45, 2.75) is 50.5 Å². The molecule has 4 aromatic rings. The summed E-state index contributed by atoms with van der Waals surface area (Å²) in [6, 6.07) is 0. The standard InChI is InChI=1S/C19H22N10/c1-27-16-14(8-22-27)17-24-15(25-28(17)11-20-16)7-18-3-12-2-13(4-18)6-19(5-12,9-18)29-23-10-21-26-29/h8,10-13H,2-7,9H2,1H3/t12-,13+,18?,19?. The van der Waals surface area contributed by atoms with E-state index < -0.39 is 0 Å². The molecule has 2 unspecified atom stereocenters. The number of fused-ring (bicyclic) bond motifs is 3. The number of tetrazole rings is 1. The molecular formula is C19H22N10. The fourth-order valence-electron chi connectivity index (χ4n) is 7.12. The Morgan fingerprint density at radius 2 is 1.97 bits per heavy atom. The molecule has 0 radical (unpaired) electrons. The molecule has 10 heteroatoms. The predicted molar refractivity (Wildman–Crippen MR) is 102 cm³/mol. The molecule has 4 heterocycles. The van der Waals surface area contributed by atoms with Crippen molar-refractivity contribution in [3.8, 4) is 0 Å². The van der Waals surface area contributed by atoms with Gasteiger partial charge in [-0.2, -0.15) is 9.90 Å². The Labute approximate surface area is 166 Å². The van der Waals surface area contributed by atoms with E-state index in [1.54, 1.807) is 21.9 Å². The first-order valence-corrected chi connectivity index (χ1v) is 10.4. The molecular weight excluding hydrogens is 368 g/mol. The maximum Gasteiger partial charge on any atom is 0.170 e. The monoisotopic (exact) mass is 390 g/mol. The maximum absolute atomic E-state index is 4.92. The van der Waals surface area contributed by atoms with Crippen molar-refractivity contribution in [1.29, 1.82) is 0 Å². The van der Waals surface area contributed by atoms with Crippen LogP contribution < -0.4 is 0 Å². The highest BCUT2D eigenvalue weighted by molar-refractivity contribution is 5.88. The van der Waals surface area contributed by atoms with Gasteiger partial charge in [0.2, 0.25) is 0 Å². The molecule has 4 aliphatic carbocycles. The molecule has 148 valence electrons. The minimum atomic E-state index is 0.0257. The topological polar surface area (TPSA) is 105 Å². The second-order valence-corrected chi connectivity index (χ2v) is 9.63. The average molecular weight is 390 g/mol. The van der Waals surface area contributed by atoms with Crippen LogP contribution in [0.3, 0.4) is 0 Å². The van der Waals surface area contributed by atoms with Crippen LogP contribution in [0.4, 0.5) is 0 Å². The Hall–Kier alpha value is -2.91. The zero-order valence-electron chi connectivity index (χ0n) is 16.3. The number of hydrogen-bond donors (Lipinski definition) is 0. The van der Waals surface area contributed by atoms with Gasteiger partial charge in [-0.3, -0.25) is 4.68 Å². The van der Waals surface area contributed by atoms with Gasteiger partial charge in [0, 0.05) is 13.5 Å². The van der Waals surface area contributed by atoms with Gasteiger partial charge in [-0.1, -0.05) is 0 Å². The quantitative estimate of drug-likeness (QED) is 0.522. The molecule has 4 atom stereocenters. The van der Waals surface area contributed by atoms with E-state index in [0.29, 0.717) is 0 Å².